The van der Waals surface area contributed by atoms with Crippen molar-refractivity contribution >= 4 is 5.91 Å². The van der Waals surface area contributed by atoms with Gasteiger partial charge in [0.05, 0.1) is 19.1 Å². The van der Waals surface area contributed by atoms with Crippen LogP contribution in [0.1, 0.15) is 18.4 Å². The van der Waals surface area contributed by atoms with Gasteiger partial charge in [-0.05, 0) is 18.9 Å². The zero-order valence-electron chi connectivity index (χ0n) is 9.90. The molecule has 1 aliphatic rings. The number of amides is 1. The van der Waals surface area contributed by atoms with Crippen molar-refractivity contribution in [3.63, 3.8) is 0 Å². The molecule has 1 aromatic rings. The number of benzene rings is 1. The van der Waals surface area contributed by atoms with Crippen LogP contribution in [0.5, 0.6) is 0 Å². The third-order valence-corrected chi connectivity index (χ3v) is 3.28. The fourth-order valence-corrected chi connectivity index (χ4v) is 2.30. The summed E-state index contributed by atoms with van der Waals surface area (Å²) in [5, 5.41) is 9.12. The average Bonchev–Trinajstić information content (AvgIpc) is 2.83. The molecule has 18 heavy (non-hydrogen) atoms. The van der Waals surface area contributed by atoms with E-state index in [9.17, 15) is 13.6 Å². The number of hydrogen-bond acceptors (Lipinski definition) is 2. The zero-order valence-corrected chi connectivity index (χ0v) is 9.90. The lowest BCUT2D eigenvalue weighted by Gasteiger charge is -2.23. The standard InChI is InChI=1S/C13H15F2NO2/c14-11-5-1-3-9(13(11)15)7-12(18)16-6-2-4-10(16)8-17/h1,3,5,10,17H,2,4,6-8H2. The third kappa shape index (κ3) is 2.51. The minimum absolute atomic E-state index is 0.0589. The molecule has 0 bridgehead atoms. The lowest BCUT2D eigenvalue weighted by molar-refractivity contribution is -0.132. The lowest BCUT2D eigenvalue weighted by atomic mass is 10.1. The topological polar surface area (TPSA) is 40.5 Å². The third-order valence-electron chi connectivity index (χ3n) is 3.28. The van der Waals surface area contributed by atoms with Crippen molar-refractivity contribution in [3.8, 4) is 0 Å². The molecule has 98 valence electrons. The largest absolute Gasteiger partial charge is 0.394 e. The Labute approximate surface area is 104 Å². The fraction of sp³-hybridized carbons (Fsp3) is 0.462. The van der Waals surface area contributed by atoms with Crippen molar-refractivity contribution in [2.45, 2.75) is 25.3 Å². The minimum atomic E-state index is -0.967. The van der Waals surface area contributed by atoms with E-state index in [4.69, 9.17) is 5.11 Å². The first-order chi connectivity index (χ1) is 8.63. The summed E-state index contributed by atoms with van der Waals surface area (Å²) >= 11 is 0. The number of carbonyl (C=O) groups excluding carboxylic acids is 1. The molecular weight excluding hydrogens is 240 g/mol. The van der Waals surface area contributed by atoms with Crippen LogP contribution in [0.4, 0.5) is 8.78 Å². The number of halogens is 2. The van der Waals surface area contributed by atoms with E-state index < -0.39 is 11.6 Å². The average molecular weight is 255 g/mol. The Hall–Kier alpha value is -1.49. The molecule has 0 aliphatic carbocycles. The predicted molar refractivity (Wildman–Crippen MR) is 61.9 cm³/mol. The van der Waals surface area contributed by atoms with Gasteiger partial charge in [0.25, 0.3) is 0 Å². The molecule has 1 fully saturated rings. The second-order valence-corrected chi connectivity index (χ2v) is 4.46. The van der Waals surface area contributed by atoms with Gasteiger partial charge in [0.1, 0.15) is 0 Å². The van der Waals surface area contributed by atoms with Crippen LogP contribution in [0.3, 0.4) is 0 Å². The van der Waals surface area contributed by atoms with E-state index in [1.54, 1.807) is 4.90 Å². The van der Waals surface area contributed by atoms with E-state index in [-0.39, 0.29) is 30.5 Å². The van der Waals surface area contributed by atoms with E-state index >= 15 is 0 Å². The lowest BCUT2D eigenvalue weighted by Crippen LogP contribution is -2.38. The van der Waals surface area contributed by atoms with E-state index in [1.807, 2.05) is 0 Å². The van der Waals surface area contributed by atoms with Gasteiger partial charge in [0.2, 0.25) is 5.91 Å². The molecule has 1 aliphatic heterocycles. The van der Waals surface area contributed by atoms with Crippen LogP contribution in [-0.2, 0) is 11.2 Å². The highest BCUT2D eigenvalue weighted by molar-refractivity contribution is 5.79. The van der Waals surface area contributed by atoms with Crippen molar-refractivity contribution in [2.75, 3.05) is 13.2 Å². The molecule has 2 rings (SSSR count). The second-order valence-electron chi connectivity index (χ2n) is 4.46. The molecule has 0 saturated carbocycles. The molecule has 1 atom stereocenters. The van der Waals surface area contributed by atoms with Gasteiger partial charge in [-0.2, -0.15) is 0 Å². The van der Waals surface area contributed by atoms with Gasteiger partial charge in [0.15, 0.2) is 11.6 Å². The van der Waals surface area contributed by atoms with Gasteiger partial charge in [-0.3, -0.25) is 4.79 Å². The summed E-state index contributed by atoms with van der Waals surface area (Å²) in [7, 11) is 0. The molecule has 1 heterocycles. The molecule has 3 nitrogen and oxygen atoms in total. The van der Waals surface area contributed by atoms with Crippen molar-refractivity contribution in [1.29, 1.82) is 0 Å². The first kappa shape index (κ1) is 13.0. The maximum atomic E-state index is 13.4. The van der Waals surface area contributed by atoms with E-state index in [0.29, 0.717) is 6.54 Å². The SMILES string of the molecule is O=C(Cc1cccc(F)c1F)N1CCCC1CO. The smallest absolute Gasteiger partial charge is 0.227 e. The van der Waals surface area contributed by atoms with Crippen molar-refractivity contribution < 1.29 is 18.7 Å². The minimum Gasteiger partial charge on any atom is -0.394 e. The van der Waals surface area contributed by atoms with E-state index in [0.717, 1.165) is 18.9 Å². The monoisotopic (exact) mass is 255 g/mol. The Balaban J connectivity index is 2.09. The van der Waals surface area contributed by atoms with Gasteiger partial charge in [0, 0.05) is 12.1 Å². The summed E-state index contributed by atoms with van der Waals surface area (Å²) in [6.45, 7) is 0.484. The molecule has 1 N–H and O–H groups in total. The first-order valence-corrected chi connectivity index (χ1v) is 5.96. The molecular formula is C13H15F2NO2. The molecule has 0 radical (unpaired) electrons. The van der Waals surface area contributed by atoms with Crippen LogP contribution >= 0.6 is 0 Å². The van der Waals surface area contributed by atoms with Gasteiger partial charge in [-0.25, -0.2) is 8.78 Å². The zero-order chi connectivity index (χ0) is 13.1. The number of hydrogen-bond donors (Lipinski definition) is 1. The molecule has 1 unspecified atom stereocenters. The van der Waals surface area contributed by atoms with E-state index in [1.165, 1.54) is 12.1 Å². The van der Waals surface area contributed by atoms with Crippen LogP contribution in [-0.4, -0.2) is 35.1 Å². The van der Waals surface area contributed by atoms with Crippen LogP contribution in [0.25, 0.3) is 0 Å². The molecule has 0 aromatic heterocycles. The predicted octanol–water partition coefficient (Wildman–Crippen LogP) is 1.49. The second kappa shape index (κ2) is 5.44. The summed E-state index contributed by atoms with van der Waals surface area (Å²) in [6, 6.07) is 3.62. The number of aliphatic hydroxyl groups excluding tert-OH is 1. The van der Waals surface area contributed by atoms with Gasteiger partial charge in [-0.15, -0.1) is 0 Å². The van der Waals surface area contributed by atoms with Crippen molar-refractivity contribution in [2.24, 2.45) is 0 Å². The summed E-state index contributed by atoms with van der Waals surface area (Å²) < 4.78 is 26.4. The number of nitrogens with zero attached hydrogens (tertiary/aromatic N) is 1. The number of rotatable bonds is 3. The molecule has 0 spiro atoms. The van der Waals surface area contributed by atoms with Crippen LogP contribution in [0, 0.1) is 11.6 Å². The Morgan fingerprint density at radius 2 is 2.22 bits per heavy atom. The van der Waals surface area contributed by atoms with Crippen molar-refractivity contribution in [1.82, 2.24) is 4.90 Å². The summed E-state index contributed by atoms with van der Waals surface area (Å²) in [6.07, 6.45) is 1.43. The first-order valence-electron chi connectivity index (χ1n) is 5.96. The van der Waals surface area contributed by atoms with Crippen molar-refractivity contribution in [3.05, 3.63) is 35.4 Å². The van der Waals surface area contributed by atoms with Gasteiger partial charge < -0.3 is 10.0 Å². The highest BCUT2D eigenvalue weighted by Crippen LogP contribution is 2.19. The summed E-state index contributed by atoms with van der Waals surface area (Å²) in [5.74, 6) is -2.18. The number of aliphatic hydroxyl groups is 1. The Bertz CT molecular complexity index is 451. The number of carbonyl (C=O) groups is 1. The number of likely N-dealkylation sites (tertiary alicyclic amines) is 1. The van der Waals surface area contributed by atoms with Crippen LogP contribution < -0.4 is 0 Å². The van der Waals surface area contributed by atoms with Crippen LogP contribution in [0.2, 0.25) is 0 Å². The Morgan fingerprint density at radius 1 is 1.44 bits per heavy atom. The summed E-state index contributed by atoms with van der Waals surface area (Å²) in [5.41, 5.74) is 0.0589. The van der Waals surface area contributed by atoms with Crippen LogP contribution in [0.15, 0.2) is 18.2 Å². The quantitative estimate of drug-likeness (QED) is 0.889. The maximum Gasteiger partial charge on any atom is 0.227 e. The molecule has 1 amide bonds. The highest BCUT2D eigenvalue weighted by atomic mass is 19.2. The molecule has 1 aromatic carbocycles. The Morgan fingerprint density at radius 3 is 2.94 bits per heavy atom. The maximum absolute atomic E-state index is 13.4. The van der Waals surface area contributed by atoms with Gasteiger partial charge in [-0.1, -0.05) is 12.1 Å². The fourth-order valence-electron chi connectivity index (χ4n) is 2.30. The van der Waals surface area contributed by atoms with Gasteiger partial charge >= 0.3 is 0 Å². The normalized spacial score (nSPS) is 19.3. The molecule has 5 heteroatoms. The molecule has 1 saturated heterocycles. The Kier molecular flexibility index (Phi) is 3.91. The highest BCUT2D eigenvalue weighted by Gasteiger charge is 2.28. The van der Waals surface area contributed by atoms with E-state index in [2.05, 4.69) is 0 Å². The summed E-state index contributed by atoms with van der Waals surface area (Å²) in [4.78, 5) is 13.5.